The van der Waals surface area contributed by atoms with Gasteiger partial charge in [0.25, 0.3) is 0 Å². The van der Waals surface area contributed by atoms with Gasteiger partial charge < -0.3 is 15.1 Å². The van der Waals surface area contributed by atoms with Gasteiger partial charge in [0.2, 0.25) is 0 Å². The van der Waals surface area contributed by atoms with Gasteiger partial charge in [0, 0.05) is 24.2 Å². The molecule has 1 atom stereocenters. The maximum Gasteiger partial charge on any atom is 0.433 e. The van der Waals surface area contributed by atoms with Crippen LogP contribution in [0.25, 0.3) is 10.9 Å². The number of nitrogens with zero attached hydrogens (tertiary/aromatic N) is 2. The molecular weight excluding hydrogens is 313 g/mol. The lowest BCUT2D eigenvalue weighted by molar-refractivity contribution is -0.140. The number of carboxylic acids is 1. The molecule has 3 rings (SSSR count). The van der Waals surface area contributed by atoms with E-state index in [1.54, 1.807) is 4.90 Å². The Hall–Kier alpha value is -2.35. The maximum atomic E-state index is 13.0. The minimum Gasteiger partial charge on any atom is -0.478 e. The summed E-state index contributed by atoms with van der Waals surface area (Å²) >= 11 is 0. The van der Waals surface area contributed by atoms with Crippen molar-refractivity contribution in [3.05, 3.63) is 35.5 Å². The van der Waals surface area contributed by atoms with Crippen molar-refractivity contribution in [2.24, 2.45) is 0 Å². The highest BCUT2D eigenvalue weighted by atomic mass is 19.4. The predicted octanol–water partition coefficient (Wildman–Crippen LogP) is 2.52. The molecule has 1 unspecified atom stereocenters. The number of anilines is 1. The molecule has 1 saturated heterocycles. The number of fused-ring (bicyclic) bond motifs is 1. The Kier molecular flexibility index (Phi) is 3.63. The van der Waals surface area contributed by atoms with Crippen molar-refractivity contribution in [1.82, 2.24) is 4.98 Å². The number of aliphatic hydroxyl groups excluding tert-OH is 1. The van der Waals surface area contributed by atoms with Crippen molar-refractivity contribution in [2.75, 3.05) is 18.0 Å². The van der Waals surface area contributed by atoms with Crippen LogP contribution in [-0.4, -0.2) is 40.4 Å². The highest BCUT2D eigenvalue weighted by Crippen LogP contribution is 2.36. The topological polar surface area (TPSA) is 73.7 Å². The second-order valence-corrected chi connectivity index (χ2v) is 5.45. The number of carboxylic acid groups (broad SMARTS) is 1. The Morgan fingerprint density at radius 2 is 2.04 bits per heavy atom. The third-order valence-corrected chi connectivity index (χ3v) is 3.83. The zero-order chi connectivity index (χ0) is 16.8. The standard InChI is InChI=1S/C15H13F3N2O3/c16-15(17,18)13-6-12(20-4-3-9(21)7-20)10-5-8(14(22)23)1-2-11(10)19-13/h1-2,5-6,9,21H,3-4,7H2,(H,22,23). The van der Waals surface area contributed by atoms with E-state index in [4.69, 9.17) is 5.11 Å². The summed E-state index contributed by atoms with van der Waals surface area (Å²) < 4.78 is 39.1. The number of halogens is 3. The van der Waals surface area contributed by atoms with Crippen LogP contribution in [0.15, 0.2) is 24.3 Å². The number of hydrogen-bond acceptors (Lipinski definition) is 4. The van der Waals surface area contributed by atoms with Crippen molar-refractivity contribution in [2.45, 2.75) is 18.7 Å². The first-order valence-electron chi connectivity index (χ1n) is 6.94. The molecule has 1 aromatic heterocycles. The van der Waals surface area contributed by atoms with Gasteiger partial charge in [0.1, 0.15) is 5.69 Å². The van der Waals surface area contributed by atoms with E-state index >= 15 is 0 Å². The summed E-state index contributed by atoms with van der Waals surface area (Å²) in [5, 5.41) is 19.0. The van der Waals surface area contributed by atoms with E-state index in [0.29, 0.717) is 18.4 Å². The molecule has 0 spiro atoms. The number of rotatable bonds is 2. The van der Waals surface area contributed by atoms with Gasteiger partial charge in [-0.2, -0.15) is 13.2 Å². The van der Waals surface area contributed by atoms with Crippen molar-refractivity contribution in [1.29, 1.82) is 0 Å². The molecule has 2 N–H and O–H groups in total. The van der Waals surface area contributed by atoms with E-state index in [2.05, 4.69) is 4.98 Å². The Bertz CT molecular complexity index is 776. The van der Waals surface area contributed by atoms with Crippen molar-refractivity contribution >= 4 is 22.6 Å². The lowest BCUT2D eigenvalue weighted by Crippen LogP contribution is -2.22. The van der Waals surface area contributed by atoms with Crippen LogP contribution in [0.3, 0.4) is 0 Å². The molecule has 0 saturated carbocycles. The Morgan fingerprint density at radius 3 is 2.61 bits per heavy atom. The molecule has 0 bridgehead atoms. The Labute approximate surface area is 129 Å². The van der Waals surface area contributed by atoms with Crippen molar-refractivity contribution < 1.29 is 28.2 Å². The average molecular weight is 326 g/mol. The third kappa shape index (κ3) is 2.94. The number of pyridine rings is 1. The van der Waals surface area contributed by atoms with Gasteiger partial charge in [-0.15, -0.1) is 0 Å². The second-order valence-electron chi connectivity index (χ2n) is 5.45. The Balaban J connectivity index is 2.23. The first-order valence-corrected chi connectivity index (χ1v) is 6.94. The van der Waals surface area contributed by atoms with Gasteiger partial charge in [-0.3, -0.25) is 0 Å². The molecule has 23 heavy (non-hydrogen) atoms. The predicted molar refractivity (Wildman–Crippen MR) is 76.5 cm³/mol. The normalized spacial score (nSPS) is 18.6. The summed E-state index contributed by atoms with van der Waals surface area (Å²) in [5.74, 6) is -1.17. The monoisotopic (exact) mass is 326 g/mol. The van der Waals surface area contributed by atoms with Gasteiger partial charge in [0.05, 0.1) is 17.2 Å². The molecule has 8 heteroatoms. The highest BCUT2D eigenvalue weighted by molar-refractivity contribution is 5.98. The summed E-state index contributed by atoms with van der Waals surface area (Å²) in [6.07, 6.45) is -4.77. The largest absolute Gasteiger partial charge is 0.478 e. The molecule has 5 nitrogen and oxygen atoms in total. The van der Waals surface area contributed by atoms with Crippen molar-refractivity contribution in [3.63, 3.8) is 0 Å². The molecule has 1 fully saturated rings. The minimum absolute atomic E-state index is 0.0277. The minimum atomic E-state index is -4.60. The molecule has 0 amide bonds. The quantitative estimate of drug-likeness (QED) is 0.887. The fraction of sp³-hybridized carbons (Fsp3) is 0.333. The smallest absolute Gasteiger partial charge is 0.433 e. The van der Waals surface area contributed by atoms with E-state index in [1.807, 2.05) is 0 Å². The Morgan fingerprint density at radius 1 is 1.30 bits per heavy atom. The fourth-order valence-corrected chi connectivity index (χ4v) is 2.71. The first kappa shape index (κ1) is 15.5. The zero-order valence-electron chi connectivity index (χ0n) is 11.8. The van der Waals surface area contributed by atoms with Gasteiger partial charge in [-0.05, 0) is 30.7 Å². The van der Waals surface area contributed by atoms with Crippen LogP contribution in [-0.2, 0) is 6.18 Å². The van der Waals surface area contributed by atoms with Gasteiger partial charge in [0.15, 0.2) is 0 Å². The van der Waals surface area contributed by atoms with Gasteiger partial charge in [-0.1, -0.05) is 0 Å². The number of benzene rings is 1. The zero-order valence-corrected chi connectivity index (χ0v) is 11.8. The number of aromatic nitrogens is 1. The lowest BCUT2D eigenvalue weighted by atomic mass is 10.1. The van der Waals surface area contributed by atoms with Crippen LogP contribution in [0.5, 0.6) is 0 Å². The molecule has 2 heterocycles. The van der Waals surface area contributed by atoms with Crippen LogP contribution < -0.4 is 4.90 Å². The highest BCUT2D eigenvalue weighted by Gasteiger charge is 2.34. The fourth-order valence-electron chi connectivity index (χ4n) is 2.71. The van der Waals surface area contributed by atoms with Crippen LogP contribution >= 0.6 is 0 Å². The molecular formula is C15H13F3N2O3. The number of hydrogen-bond donors (Lipinski definition) is 2. The summed E-state index contributed by atoms with van der Waals surface area (Å²) in [7, 11) is 0. The SMILES string of the molecule is O=C(O)c1ccc2nc(C(F)(F)F)cc(N3CCC(O)C3)c2c1. The van der Waals surface area contributed by atoms with Gasteiger partial charge in [-0.25, -0.2) is 9.78 Å². The molecule has 0 aliphatic carbocycles. The molecule has 1 aromatic carbocycles. The molecule has 2 aromatic rings. The summed E-state index contributed by atoms with van der Waals surface area (Å²) in [6.45, 7) is 0.600. The number of carbonyl (C=O) groups is 1. The molecule has 1 aliphatic rings. The van der Waals surface area contributed by atoms with E-state index in [9.17, 15) is 23.1 Å². The van der Waals surface area contributed by atoms with Crippen molar-refractivity contribution in [3.8, 4) is 0 Å². The number of β-amino-alcohol motifs (C(OH)–C–C–N with tert-alkyl or cyclic N) is 1. The summed E-state index contributed by atoms with van der Waals surface area (Å²) in [4.78, 5) is 16.3. The van der Waals surface area contributed by atoms with Crippen LogP contribution in [0.4, 0.5) is 18.9 Å². The second kappa shape index (κ2) is 5.38. The summed E-state index contributed by atoms with van der Waals surface area (Å²) in [5.41, 5.74) is -0.757. The van der Waals surface area contributed by atoms with Crippen LogP contribution in [0.2, 0.25) is 0 Å². The molecule has 122 valence electrons. The number of alkyl halides is 3. The lowest BCUT2D eigenvalue weighted by Gasteiger charge is -2.21. The summed E-state index contributed by atoms with van der Waals surface area (Å²) in [6, 6.07) is 4.71. The molecule has 1 aliphatic heterocycles. The maximum absolute atomic E-state index is 13.0. The van der Waals surface area contributed by atoms with Crippen LogP contribution in [0.1, 0.15) is 22.5 Å². The first-order chi connectivity index (χ1) is 10.8. The van der Waals surface area contributed by atoms with Gasteiger partial charge >= 0.3 is 12.1 Å². The van der Waals surface area contributed by atoms with E-state index in [1.165, 1.54) is 18.2 Å². The third-order valence-electron chi connectivity index (χ3n) is 3.83. The number of aliphatic hydroxyl groups is 1. The van der Waals surface area contributed by atoms with E-state index in [0.717, 1.165) is 6.07 Å². The average Bonchev–Trinajstić information content (AvgIpc) is 2.90. The molecule has 0 radical (unpaired) electrons. The van der Waals surface area contributed by atoms with E-state index < -0.39 is 23.9 Å². The van der Waals surface area contributed by atoms with E-state index in [-0.39, 0.29) is 23.3 Å². The number of aromatic carboxylic acids is 1. The van der Waals surface area contributed by atoms with Crippen LogP contribution in [0, 0.1) is 0 Å².